The summed E-state index contributed by atoms with van der Waals surface area (Å²) in [5.74, 6) is -0.0779. The third kappa shape index (κ3) is 5.00. The number of hydrogen-bond acceptors (Lipinski definition) is 3. The molecule has 0 aromatic heterocycles. The zero-order chi connectivity index (χ0) is 16.7. The number of benzene rings is 2. The van der Waals surface area contributed by atoms with Gasteiger partial charge in [0.1, 0.15) is 0 Å². The van der Waals surface area contributed by atoms with Crippen LogP contribution in [0.2, 0.25) is 5.02 Å². The Morgan fingerprint density at radius 3 is 2.57 bits per heavy atom. The molecule has 5 nitrogen and oxygen atoms in total. The highest BCUT2D eigenvalue weighted by atomic mass is 35.5. The van der Waals surface area contributed by atoms with Crippen LogP contribution < -0.4 is 11.1 Å². The summed E-state index contributed by atoms with van der Waals surface area (Å²) < 4.78 is 0. The van der Waals surface area contributed by atoms with Crippen molar-refractivity contribution in [1.82, 2.24) is 5.32 Å². The van der Waals surface area contributed by atoms with E-state index in [0.717, 1.165) is 11.1 Å². The maximum Gasteiger partial charge on any atom is 0.263 e. The first-order chi connectivity index (χ1) is 11.1. The molecule has 2 aromatic rings. The highest BCUT2D eigenvalue weighted by Gasteiger charge is 2.14. The van der Waals surface area contributed by atoms with Crippen LogP contribution in [0.3, 0.4) is 0 Å². The number of rotatable bonds is 6. The summed E-state index contributed by atoms with van der Waals surface area (Å²) in [5, 5.41) is 7.14. The lowest BCUT2D eigenvalue weighted by molar-refractivity contribution is -0.131. The highest BCUT2D eigenvalue weighted by molar-refractivity contribution is 6.31. The molecule has 0 heterocycles. The van der Waals surface area contributed by atoms with E-state index >= 15 is 0 Å². The monoisotopic (exact) mass is 331 g/mol. The number of oxime groups is 1. The number of nitrogens with zero attached hydrogens (tertiary/aromatic N) is 1. The first-order valence-electron chi connectivity index (χ1n) is 7.13. The third-order valence-electron chi connectivity index (χ3n) is 3.16. The van der Waals surface area contributed by atoms with Gasteiger partial charge in [0.2, 0.25) is 6.10 Å². The fourth-order valence-electron chi connectivity index (χ4n) is 1.81. The Bertz CT molecular complexity index is 689. The van der Waals surface area contributed by atoms with Crippen LogP contribution in [0.25, 0.3) is 0 Å². The van der Waals surface area contributed by atoms with E-state index < -0.39 is 6.10 Å². The Morgan fingerprint density at radius 2 is 1.87 bits per heavy atom. The molecule has 1 atom stereocenters. The maximum atomic E-state index is 12.0. The standard InChI is InChI=1S/C17H18ClN3O2/c1-12(23-21-16(19)13-7-3-2-4-8-13)17(22)20-11-14-9-5-6-10-15(14)18/h2-10,12H,11H2,1H3,(H2,19,21)(H,20,22). The molecule has 0 saturated heterocycles. The second kappa shape index (κ2) is 8.19. The SMILES string of the molecule is CC(O/N=C(\N)c1ccccc1)C(=O)NCc1ccccc1Cl. The molecule has 120 valence electrons. The topological polar surface area (TPSA) is 76.7 Å². The van der Waals surface area contributed by atoms with Crippen LogP contribution in [0.15, 0.2) is 59.8 Å². The van der Waals surface area contributed by atoms with E-state index in [9.17, 15) is 4.79 Å². The fourth-order valence-corrected chi connectivity index (χ4v) is 2.02. The van der Waals surface area contributed by atoms with Gasteiger partial charge in [0.15, 0.2) is 5.84 Å². The molecular weight excluding hydrogens is 314 g/mol. The van der Waals surface area contributed by atoms with Crippen molar-refractivity contribution < 1.29 is 9.63 Å². The molecule has 0 radical (unpaired) electrons. The molecule has 3 N–H and O–H groups in total. The molecule has 0 saturated carbocycles. The Kier molecular flexibility index (Phi) is 6.00. The lowest BCUT2D eigenvalue weighted by atomic mass is 10.2. The van der Waals surface area contributed by atoms with E-state index in [2.05, 4.69) is 10.5 Å². The van der Waals surface area contributed by atoms with Gasteiger partial charge >= 0.3 is 0 Å². The molecule has 0 bridgehead atoms. The van der Waals surface area contributed by atoms with E-state index in [-0.39, 0.29) is 11.7 Å². The third-order valence-corrected chi connectivity index (χ3v) is 3.53. The molecule has 2 aromatic carbocycles. The normalized spacial score (nSPS) is 12.5. The number of amides is 1. The minimum Gasteiger partial charge on any atom is -0.381 e. The van der Waals surface area contributed by atoms with Crippen molar-refractivity contribution in [2.24, 2.45) is 10.9 Å². The molecular formula is C17H18ClN3O2. The lowest BCUT2D eigenvalue weighted by Gasteiger charge is -2.12. The lowest BCUT2D eigenvalue weighted by Crippen LogP contribution is -2.33. The zero-order valence-corrected chi connectivity index (χ0v) is 13.5. The average molecular weight is 332 g/mol. The van der Waals surface area contributed by atoms with E-state index in [0.29, 0.717) is 11.6 Å². The van der Waals surface area contributed by atoms with Gasteiger partial charge < -0.3 is 15.9 Å². The number of halogens is 1. The molecule has 2 rings (SSSR count). The van der Waals surface area contributed by atoms with Crippen LogP contribution in [0.4, 0.5) is 0 Å². The van der Waals surface area contributed by atoms with Gasteiger partial charge in [-0.2, -0.15) is 0 Å². The van der Waals surface area contributed by atoms with Gasteiger partial charge in [-0.1, -0.05) is 65.3 Å². The molecule has 6 heteroatoms. The van der Waals surface area contributed by atoms with E-state index in [1.807, 2.05) is 48.5 Å². The van der Waals surface area contributed by atoms with Crippen LogP contribution in [0.1, 0.15) is 18.1 Å². The quantitative estimate of drug-likeness (QED) is 0.485. The second-order valence-electron chi connectivity index (χ2n) is 4.90. The molecule has 23 heavy (non-hydrogen) atoms. The predicted octanol–water partition coefficient (Wildman–Crippen LogP) is 2.68. The van der Waals surface area contributed by atoms with Crippen molar-refractivity contribution in [3.8, 4) is 0 Å². The van der Waals surface area contributed by atoms with Gasteiger partial charge in [-0.15, -0.1) is 0 Å². The van der Waals surface area contributed by atoms with Gasteiger partial charge in [0.25, 0.3) is 5.91 Å². The van der Waals surface area contributed by atoms with E-state index in [1.54, 1.807) is 13.0 Å². The summed E-state index contributed by atoms with van der Waals surface area (Å²) in [5.41, 5.74) is 7.37. The van der Waals surface area contributed by atoms with E-state index in [1.165, 1.54) is 0 Å². The van der Waals surface area contributed by atoms with Crippen LogP contribution >= 0.6 is 11.6 Å². The highest BCUT2D eigenvalue weighted by Crippen LogP contribution is 2.14. The number of hydrogen-bond donors (Lipinski definition) is 2. The van der Waals surface area contributed by atoms with Gasteiger partial charge in [-0.05, 0) is 18.6 Å². The minimum absolute atomic E-state index is 0.219. The van der Waals surface area contributed by atoms with Gasteiger partial charge in [-0.25, -0.2) is 0 Å². The Balaban J connectivity index is 1.87. The summed E-state index contributed by atoms with van der Waals surface area (Å²) in [6.45, 7) is 1.92. The minimum atomic E-state index is -0.764. The van der Waals surface area contributed by atoms with Gasteiger partial charge in [0, 0.05) is 17.1 Å². The van der Waals surface area contributed by atoms with Crippen molar-refractivity contribution in [1.29, 1.82) is 0 Å². The molecule has 0 aliphatic carbocycles. The maximum absolute atomic E-state index is 12.0. The van der Waals surface area contributed by atoms with Crippen molar-refractivity contribution in [3.05, 3.63) is 70.7 Å². The molecule has 1 unspecified atom stereocenters. The summed E-state index contributed by atoms with van der Waals surface area (Å²) in [6.07, 6.45) is -0.764. The summed E-state index contributed by atoms with van der Waals surface area (Å²) in [7, 11) is 0. The number of amidine groups is 1. The molecule has 0 spiro atoms. The smallest absolute Gasteiger partial charge is 0.263 e. The van der Waals surface area contributed by atoms with Crippen molar-refractivity contribution in [3.63, 3.8) is 0 Å². The molecule has 0 aliphatic rings. The molecule has 0 aliphatic heterocycles. The van der Waals surface area contributed by atoms with E-state index in [4.69, 9.17) is 22.2 Å². The Morgan fingerprint density at radius 1 is 1.22 bits per heavy atom. The fraction of sp³-hybridized carbons (Fsp3) is 0.176. The zero-order valence-electron chi connectivity index (χ0n) is 12.7. The molecule has 0 fully saturated rings. The number of nitrogens with one attached hydrogen (secondary N) is 1. The first kappa shape index (κ1) is 16.8. The largest absolute Gasteiger partial charge is 0.381 e. The van der Waals surface area contributed by atoms with Crippen LogP contribution in [0.5, 0.6) is 0 Å². The van der Waals surface area contributed by atoms with Gasteiger partial charge in [-0.3, -0.25) is 4.79 Å². The van der Waals surface area contributed by atoms with Crippen LogP contribution in [0, 0.1) is 0 Å². The summed E-state index contributed by atoms with van der Waals surface area (Å²) in [6, 6.07) is 16.5. The Hall–Kier alpha value is -2.53. The van der Waals surface area contributed by atoms with Crippen molar-refractivity contribution in [2.75, 3.05) is 0 Å². The second-order valence-corrected chi connectivity index (χ2v) is 5.31. The number of carbonyl (C=O) groups excluding carboxylic acids is 1. The summed E-state index contributed by atoms with van der Waals surface area (Å²) in [4.78, 5) is 17.1. The summed E-state index contributed by atoms with van der Waals surface area (Å²) >= 11 is 6.04. The number of nitrogens with two attached hydrogens (primary N) is 1. The van der Waals surface area contributed by atoms with Crippen molar-refractivity contribution in [2.45, 2.75) is 19.6 Å². The predicted molar refractivity (Wildman–Crippen MR) is 91.0 cm³/mol. The van der Waals surface area contributed by atoms with Crippen molar-refractivity contribution >= 4 is 23.3 Å². The van der Waals surface area contributed by atoms with Crippen LogP contribution in [-0.4, -0.2) is 17.8 Å². The first-order valence-corrected chi connectivity index (χ1v) is 7.51. The number of carbonyl (C=O) groups is 1. The van der Waals surface area contributed by atoms with Crippen LogP contribution in [-0.2, 0) is 16.2 Å². The van der Waals surface area contributed by atoms with Gasteiger partial charge in [0.05, 0.1) is 0 Å². The molecule has 1 amide bonds. The Labute approximate surface area is 140 Å². The average Bonchev–Trinajstić information content (AvgIpc) is 2.59.